The molecule has 0 bridgehead atoms. The molecule has 0 unspecified atom stereocenters. The van der Waals surface area contributed by atoms with Crippen LogP contribution in [0.3, 0.4) is 0 Å². The van der Waals surface area contributed by atoms with Crippen molar-refractivity contribution in [2.24, 2.45) is 0 Å². The van der Waals surface area contributed by atoms with E-state index in [0.717, 1.165) is 11.3 Å². The van der Waals surface area contributed by atoms with Crippen molar-refractivity contribution in [3.05, 3.63) is 30.3 Å². The van der Waals surface area contributed by atoms with E-state index in [2.05, 4.69) is 13.8 Å². The van der Waals surface area contributed by atoms with Crippen molar-refractivity contribution in [3.63, 3.8) is 0 Å². The summed E-state index contributed by atoms with van der Waals surface area (Å²) < 4.78 is 5.68. The molecule has 0 amide bonds. The number of hydrogen-bond donors (Lipinski definition) is 0. The molecule has 0 saturated heterocycles. The molecule has 13 heavy (non-hydrogen) atoms. The van der Waals surface area contributed by atoms with Crippen LogP contribution in [0.25, 0.3) is 0 Å². The van der Waals surface area contributed by atoms with Gasteiger partial charge in [0.1, 0.15) is 5.75 Å². The smallest absolute Gasteiger partial charge is 0.314 e. The number of rotatable bonds is 5. The van der Waals surface area contributed by atoms with E-state index in [9.17, 15) is 0 Å². The van der Waals surface area contributed by atoms with Crippen LogP contribution in [0.4, 0.5) is 0 Å². The van der Waals surface area contributed by atoms with Gasteiger partial charge in [0.2, 0.25) is 0 Å². The quantitative estimate of drug-likeness (QED) is 0.650. The fraction of sp³-hybridized carbons (Fsp3) is 0.455. The predicted octanol–water partition coefficient (Wildman–Crippen LogP) is 3.29. The summed E-state index contributed by atoms with van der Waals surface area (Å²) >= 11 is 0. The minimum atomic E-state index is 0.601. The Kier molecular flexibility index (Phi) is 4.61. The average molecular weight is 192 g/mol. The zero-order chi connectivity index (χ0) is 9.52. The zero-order valence-electron chi connectivity index (χ0n) is 8.29. The third-order valence-corrected chi connectivity index (χ3v) is 3.58. The summed E-state index contributed by atoms with van der Waals surface area (Å²) in [4.78, 5) is 0. The van der Waals surface area contributed by atoms with E-state index in [-0.39, 0.29) is 0 Å². The van der Waals surface area contributed by atoms with Crippen LogP contribution in [0.15, 0.2) is 30.3 Å². The Morgan fingerprint density at radius 3 is 2.31 bits per heavy atom. The summed E-state index contributed by atoms with van der Waals surface area (Å²) in [5.41, 5.74) is 0.722. The van der Waals surface area contributed by atoms with E-state index in [1.54, 1.807) is 0 Å². The van der Waals surface area contributed by atoms with Gasteiger partial charge in [0.25, 0.3) is 0 Å². The third kappa shape index (κ3) is 3.64. The average Bonchev–Trinajstić information content (AvgIpc) is 2.21. The molecule has 0 aliphatic heterocycles. The van der Waals surface area contributed by atoms with Crippen LogP contribution in [0, 0.1) is 0 Å². The molecule has 2 heteroatoms. The van der Waals surface area contributed by atoms with Gasteiger partial charge in [-0.15, -0.1) is 0 Å². The normalized spacial score (nSPS) is 10.4. The minimum absolute atomic E-state index is 0.601. The Bertz CT molecular complexity index is 219. The standard InChI is InChI=1S/C11H16OSi/c1-3-11(4-2)13-12-10-8-6-5-7-9-10/h5-9,11H,3-4H2,1-2H3. The third-order valence-electron chi connectivity index (χ3n) is 2.07. The van der Waals surface area contributed by atoms with Crippen molar-refractivity contribution in [3.8, 4) is 5.75 Å². The lowest BCUT2D eigenvalue weighted by Gasteiger charge is -2.10. The van der Waals surface area contributed by atoms with Gasteiger partial charge in [0.15, 0.2) is 0 Å². The Morgan fingerprint density at radius 1 is 1.15 bits per heavy atom. The van der Waals surface area contributed by atoms with Crippen LogP contribution in [0.1, 0.15) is 26.7 Å². The Morgan fingerprint density at radius 2 is 1.77 bits per heavy atom. The van der Waals surface area contributed by atoms with Gasteiger partial charge in [-0.2, -0.15) is 0 Å². The highest BCUT2D eigenvalue weighted by molar-refractivity contribution is 6.30. The topological polar surface area (TPSA) is 9.23 Å². The molecule has 0 spiro atoms. The maximum atomic E-state index is 5.68. The van der Waals surface area contributed by atoms with E-state index in [4.69, 9.17) is 4.43 Å². The molecular formula is C11H16OSi. The van der Waals surface area contributed by atoms with E-state index >= 15 is 0 Å². The Balaban J connectivity index is 2.34. The SMILES string of the molecule is CCC(CC)[Si]Oc1ccccc1. The molecule has 0 atom stereocenters. The van der Waals surface area contributed by atoms with Crippen molar-refractivity contribution >= 4 is 9.76 Å². The highest BCUT2D eigenvalue weighted by atomic mass is 28.2. The van der Waals surface area contributed by atoms with Crippen molar-refractivity contribution in [2.45, 2.75) is 32.2 Å². The highest BCUT2D eigenvalue weighted by Crippen LogP contribution is 2.16. The van der Waals surface area contributed by atoms with E-state index in [1.807, 2.05) is 30.3 Å². The molecule has 0 saturated carbocycles. The van der Waals surface area contributed by atoms with Gasteiger partial charge in [-0.05, 0) is 17.7 Å². The van der Waals surface area contributed by atoms with Crippen LogP contribution in [0.5, 0.6) is 5.75 Å². The minimum Gasteiger partial charge on any atom is -0.541 e. The number of hydrogen-bond acceptors (Lipinski definition) is 1. The summed E-state index contributed by atoms with van der Waals surface area (Å²) in [5.74, 6) is 0.993. The molecule has 1 aromatic rings. The first-order chi connectivity index (χ1) is 6.36. The molecule has 2 radical (unpaired) electrons. The molecule has 0 aliphatic carbocycles. The van der Waals surface area contributed by atoms with Crippen LogP contribution in [-0.4, -0.2) is 9.76 Å². The first-order valence-electron chi connectivity index (χ1n) is 4.84. The maximum absolute atomic E-state index is 5.68. The summed E-state index contributed by atoms with van der Waals surface area (Å²) in [6.07, 6.45) is 2.42. The van der Waals surface area contributed by atoms with Crippen LogP contribution in [0.2, 0.25) is 5.54 Å². The van der Waals surface area contributed by atoms with Crippen molar-refractivity contribution in [1.82, 2.24) is 0 Å². The van der Waals surface area contributed by atoms with Crippen LogP contribution in [-0.2, 0) is 0 Å². The van der Waals surface area contributed by atoms with Crippen molar-refractivity contribution in [2.75, 3.05) is 0 Å². The first kappa shape index (κ1) is 10.3. The largest absolute Gasteiger partial charge is 0.541 e. The lowest BCUT2D eigenvalue weighted by atomic mass is 10.3. The summed E-state index contributed by atoms with van der Waals surface area (Å²) in [6.45, 7) is 4.44. The Hall–Kier alpha value is -0.763. The fourth-order valence-corrected chi connectivity index (χ4v) is 1.87. The number of benzene rings is 1. The zero-order valence-corrected chi connectivity index (χ0v) is 9.29. The second-order valence-corrected chi connectivity index (χ2v) is 4.30. The molecule has 0 fully saturated rings. The van der Waals surface area contributed by atoms with Crippen LogP contribution < -0.4 is 4.43 Å². The predicted molar refractivity (Wildman–Crippen MR) is 57.2 cm³/mol. The van der Waals surface area contributed by atoms with Gasteiger partial charge in [0, 0.05) is 0 Å². The number of para-hydroxylation sites is 1. The van der Waals surface area contributed by atoms with Gasteiger partial charge in [0.05, 0.1) is 0 Å². The van der Waals surface area contributed by atoms with E-state index in [1.165, 1.54) is 12.8 Å². The second-order valence-electron chi connectivity index (χ2n) is 3.05. The summed E-state index contributed by atoms with van der Waals surface area (Å²) in [7, 11) is 0.601. The van der Waals surface area contributed by atoms with Gasteiger partial charge in [-0.25, -0.2) is 0 Å². The molecule has 1 aromatic carbocycles. The van der Waals surface area contributed by atoms with Gasteiger partial charge >= 0.3 is 9.76 Å². The van der Waals surface area contributed by atoms with Crippen molar-refractivity contribution < 1.29 is 4.43 Å². The van der Waals surface area contributed by atoms with Gasteiger partial charge < -0.3 is 4.43 Å². The van der Waals surface area contributed by atoms with Gasteiger partial charge in [-0.3, -0.25) is 0 Å². The molecule has 0 aromatic heterocycles. The monoisotopic (exact) mass is 192 g/mol. The molecule has 0 heterocycles. The lowest BCUT2D eigenvalue weighted by molar-refractivity contribution is 0.560. The highest BCUT2D eigenvalue weighted by Gasteiger charge is 2.07. The maximum Gasteiger partial charge on any atom is 0.314 e. The van der Waals surface area contributed by atoms with E-state index < -0.39 is 0 Å². The fourth-order valence-electron chi connectivity index (χ4n) is 1.10. The molecule has 70 valence electrons. The van der Waals surface area contributed by atoms with Gasteiger partial charge in [-0.1, -0.05) is 44.9 Å². The molecule has 0 aliphatic rings. The first-order valence-corrected chi connectivity index (χ1v) is 5.82. The molecule has 0 N–H and O–H groups in total. The van der Waals surface area contributed by atoms with Crippen molar-refractivity contribution in [1.29, 1.82) is 0 Å². The summed E-state index contributed by atoms with van der Waals surface area (Å²) in [5, 5.41) is 0. The second kappa shape index (κ2) is 5.81. The van der Waals surface area contributed by atoms with E-state index in [0.29, 0.717) is 9.76 Å². The van der Waals surface area contributed by atoms with Crippen LogP contribution >= 0.6 is 0 Å². The lowest BCUT2D eigenvalue weighted by Crippen LogP contribution is -2.09. The molecular weight excluding hydrogens is 176 g/mol. The molecule has 1 nitrogen and oxygen atoms in total. The Labute approximate surface area is 83.1 Å². The molecule has 1 rings (SSSR count). The summed E-state index contributed by atoms with van der Waals surface area (Å²) in [6, 6.07) is 10.0.